The molecular formula is C19H19N2Na3O12S3. The Hall–Kier alpha value is -0.610. The van der Waals surface area contributed by atoms with Gasteiger partial charge >= 0.3 is 94.6 Å². The van der Waals surface area contributed by atoms with Crippen LogP contribution in [0.2, 0.25) is 0 Å². The fraction of sp³-hybridized carbons (Fsp3) is 0.0526. The Kier molecular flexibility index (Phi) is 13.8. The van der Waals surface area contributed by atoms with Gasteiger partial charge in [-0.15, -0.1) is 0 Å². The second kappa shape index (κ2) is 14.0. The number of anilines is 2. The van der Waals surface area contributed by atoms with Gasteiger partial charge in [0.2, 0.25) is 0 Å². The Morgan fingerprint density at radius 3 is 1.79 bits per heavy atom. The van der Waals surface area contributed by atoms with Gasteiger partial charge in [0.1, 0.15) is 9.79 Å². The second-order valence-corrected chi connectivity index (χ2v) is 11.4. The molecule has 0 fully saturated rings. The molecule has 0 atom stereocenters. The quantitative estimate of drug-likeness (QED) is 0.0974. The Balaban J connectivity index is 0.00000481. The van der Waals surface area contributed by atoms with E-state index in [0.29, 0.717) is 18.2 Å². The molecule has 0 spiro atoms. The molecule has 3 aromatic carbocycles. The summed E-state index contributed by atoms with van der Waals surface area (Å²) in [6.45, 7) is 0. The van der Waals surface area contributed by atoms with E-state index in [1.54, 1.807) is 0 Å². The molecule has 20 heteroatoms. The van der Waals surface area contributed by atoms with Gasteiger partial charge in [-0.3, -0.25) is 18.5 Å². The number of fused-ring (bicyclic) bond motifs is 1. The number of hydrogen-bond donors (Lipinski definition) is 5. The van der Waals surface area contributed by atoms with Crippen LogP contribution in [0.25, 0.3) is 10.8 Å². The molecule has 0 radical (unpaired) electrons. The van der Waals surface area contributed by atoms with Crippen molar-refractivity contribution in [2.45, 2.75) is 14.7 Å². The number of rotatable bonds is 6. The molecule has 0 heterocycles. The summed E-state index contributed by atoms with van der Waals surface area (Å²) >= 11 is 0. The zero-order chi connectivity index (χ0) is 27.2. The van der Waals surface area contributed by atoms with Crippen molar-refractivity contribution in [3.8, 4) is 0 Å². The van der Waals surface area contributed by atoms with Crippen LogP contribution in [0.4, 0.5) is 11.4 Å². The summed E-state index contributed by atoms with van der Waals surface area (Å²) in [6.07, 6.45) is 0. The van der Waals surface area contributed by atoms with Crippen LogP contribution >= 0.6 is 0 Å². The first-order valence-electron chi connectivity index (χ1n) is 9.27. The number of amides is 1. The zero-order valence-electron chi connectivity index (χ0n) is 17.9. The Bertz CT molecular complexity index is 1780. The molecule has 14 nitrogen and oxygen atoms in total. The van der Waals surface area contributed by atoms with E-state index >= 15 is 0 Å². The first-order valence-corrected chi connectivity index (χ1v) is 13.6. The monoisotopic (exact) mass is 632 g/mol. The fourth-order valence-electron chi connectivity index (χ4n) is 3.29. The van der Waals surface area contributed by atoms with Crippen molar-refractivity contribution in [1.29, 1.82) is 0 Å². The van der Waals surface area contributed by atoms with Gasteiger partial charge in [-0.1, -0.05) is 0 Å². The van der Waals surface area contributed by atoms with Gasteiger partial charge in [-0.2, -0.15) is 25.3 Å². The molecule has 6 N–H and O–H groups in total. The number of ether oxygens (including phenoxy) is 1. The normalized spacial score (nSPS) is 11.4. The summed E-state index contributed by atoms with van der Waals surface area (Å²) in [6, 6.07) is 5.88. The van der Waals surface area contributed by atoms with Gasteiger partial charge in [0, 0.05) is 22.0 Å². The molecule has 3 rings (SSSR count). The molecule has 0 aliphatic heterocycles. The number of esters is 1. The number of carbonyl (C=O) groups excluding carboxylic acids is 2. The summed E-state index contributed by atoms with van der Waals surface area (Å²) in [5.41, 5.74) is 4.90. The number of nitrogens with two attached hydrogens (primary N) is 1. The van der Waals surface area contributed by atoms with Crippen molar-refractivity contribution < 1.29 is 53.2 Å². The molecule has 0 unspecified atom stereocenters. The van der Waals surface area contributed by atoms with Crippen LogP contribution in [-0.4, -0.2) is 147 Å². The summed E-state index contributed by atoms with van der Waals surface area (Å²) in [7, 11) is -14.5. The molecule has 198 valence electrons. The van der Waals surface area contributed by atoms with Crippen molar-refractivity contribution in [3.05, 3.63) is 53.6 Å². The van der Waals surface area contributed by atoms with Gasteiger partial charge in [0.15, 0.2) is 0 Å². The van der Waals surface area contributed by atoms with Crippen LogP contribution in [0.5, 0.6) is 0 Å². The second-order valence-electron chi connectivity index (χ2n) is 7.17. The third-order valence-electron chi connectivity index (χ3n) is 4.75. The van der Waals surface area contributed by atoms with E-state index < -0.39 is 73.4 Å². The molecule has 0 aliphatic rings. The number of nitrogens with one attached hydrogen (secondary N) is 1. The van der Waals surface area contributed by atoms with Gasteiger partial charge < -0.3 is 15.8 Å². The van der Waals surface area contributed by atoms with Crippen molar-refractivity contribution in [1.82, 2.24) is 0 Å². The molecule has 3 aromatic rings. The van der Waals surface area contributed by atoms with Crippen LogP contribution in [0.15, 0.2) is 57.2 Å². The van der Waals surface area contributed by atoms with Gasteiger partial charge in [-0.05, 0) is 42.5 Å². The van der Waals surface area contributed by atoms with E-state index in [4.69, 9.17) is 5.73 Å². The molecule has 0 aromatic heterocycles. The summed E-state index contributed by atoms with van der Waals surface area (Å²) in [5.74, 6) is -1.82. The minimum absolute atomic E-state index is 0. The first kappa shape index (κ1) is 38.4. The third kappa shape index (κ3) is 8.94. The van der Waals surface area contributed by atoms with Crippen LogP contribution in [0.1, 0.15) is 20.7 Å². The fourth-order valence-corrected chi connectivity index (χ4v) is 5.33. The molecule has 1 amide bonds. The number of hydrogen-bond acceptors (Lipinski definition) is 10. The van der Waals surface area contributed by atoms with E-state index in [1.165, 1.54) is 6.07 Å². The van der Waals surface area contributed by atoms with Gasteiger partial charge in [0.05, 0.1) is 23.3 Å². The predicted molar refractivity (Wildman–Crippen MR) is 145 cm³/mol. The topological polar surface area (TPSA) is 245 Å². The number of carbonyl (C=O) groups is 2. The first-order chi connectivity index (χ1) is 16.4. The SMILES string of the molecule is COC(=O)c1cc(N)cc(C(=O)Nc2ccc(S(=O)(=O)O)c3cc(S(=O)(=O)O)cc(S(=O)(=O)O)c23)c1.[NaH].[NaH].[NaH]. The van der Waals surface area contributed by atoms with Crippen LogP contribution in [0, 0.1) is 0 Å². The third-order valence-corrected chi connectivity index (χ3v) is 7.37. The van der Waals surface area contributed by atoms with E-state index in [-0.39, 0.29) is 105 Å². The molecular weight excluding hydrogens is 613 g/mol. The predicted octanol–water partition coefficient (Wildman–Crippen LogP) is -0.744. The van der Waals surface area contributed by atoms with Gasteiger partial charge in [0.25, 0.3) is 36.3 Å². The van der Waals surface area contributed by atoms with E-state index in [2.05, 4.69) is 10.1 Å². The van der Waals surface area contributed by atoms with Crippen molar-refractivity contribution in [2.24, 2.45) is 0 Å². The Morgan fingerprint density at radius 2 is 1.31 bits per heavy atom. The molecule has 0 bridgehead atoms. The summed E-state index contributed by atoms with van der Waals surface area (Å²) in [4.78, 5) is 21.4. The molecule has 39 heavy (non-hydrogen) atoms. The average Bonchev–Trinajstić information content (AvgIpc) is 2.75. The van der Waals surface area contributed by atoms with Crippen LogP contribution in [0.3, 0.4) is 0 Å². The maximum absolute atomic E-state index is 12.9. The molecule has 0 saturated heterocycles. The van der Waals surface area contributed by atoms with E-state index in [9.17, 15) is 48.5 Å². The number of nitrogen functional groups attached to an aromatic ring is 1. The van der Waals surface area contributed by atoms with Crippen molar-refractivity contribution >= 4 is 153 Å². The van der Waals surface area contributed by atoms with Crippen LogP contribution < -0.4 is 11.1 Å². The van der Waals surface area contributed by atoms with Crippen molar-refractivity contribution in [3.63, 3.8) is 0 Å². The van der Waals surface area contributed by atoms with E-state index in [0.717, 1.165) is 25.3 Å². The summed E-state index contributed by atoms with van der Waals surface area (Å²) < 4.78 is 104. The maximum atomic E-state index is 12.9. The average molecular weight is 633 g/mol. The number of methoxy groups -OCH3 is 1. The van der Waals surface area contributed by atoms with Crippen LogP contribution in [-0.2, 0) is 35.1 Å². The summed E-state index contributed by atoms with van der Waals surface area (Å²) in [5, 5.41) is 0.757. The Morgan fingerprint density at radius 1 is 0.769 bits per heavy atom. The van der Waals surface area contributed by atoms with Gasteiger partial charge in [-0.25, -0.2) is 4.79 Å². The zero-order valence-corrected chi connectivity index (χ0v) is 20.3. The molecule has 0 saturated carbocycles. The standard InChI is InChI=1S/C19H16N2O12S3.3Na.3H/c1-33-19(23)10-4-9(5-11(20)6-10)18(22)21-14-2-3-15(35(27,28)29)13-7-12(34(24,25)26)8-16(17(13)14)36(30,31)32;;;;;;/h2-8H,20H2,1H3,(H,21,22)(H,24,25,26)(H,27,28,29)(H,30,31,32);;;;;;. The minimum atomic E-state index is -5.31. The molecule has 0 aliphatic carbocycles. The van der Waals surface area contributed by atoms with E-state index in [1.807, 2.05) is 0 Å². The van der Waals surface area contributed by atoms with Crippen molar-refractivity contribution in [2.75, 3.05) is 18.2 Å². The Labute approximate surface area is 289 Å². The number of benzene rings is 3.